The average Bonchev–Trinajstić information content (AvgIpc) is 3.26. The molecular weight excluding hydrogens is 320 g/mol. The van der Waals surface area contributed by atoms with Gasteiger partial charge in [0.2, 0.25) is 0 Å². The summed E-state index contributed by atoms with van der Waals surface area (Å²) in [5.41, 5.74) is 1.83. The number of carbonyl (C=O) groups excluding carboxylic acids is 3. The molecule has 126 valence electrons. The van der Waals surface area contributed by atoms with Crippen molar-refractivity contribution in [3.63, 3.8) is 0 Å². The Morgan fingerprint density at radius 2 is 1.76 bits per heavy atom. The van der Waals surface area contributed by atoms with E-state index in [0.717, 1.165) is 12.0 Å². The number of hydrogen-bond acceptors (Lipinski definition) is 4. The van der Waals surface area contributed by atoms with Gasteiger partial charge in [-0.3, -0.25) is 24.1 Å². The fourth-order valence-electron chi connectivity index (χ4n) is 3.08. The molecule has 0 aromatic heterocycles. The minimum Gasteiger partial charge on any atom is -0.271 e. The molecule has 0 aliphatic carbocycles. The quantitative estimate of drug-likeness (QED) is 0.807. The van der Waals surface area contributed by atoms with Crippen molar-refractivity contribution < 1.29 is 19.2 Å². The summed E-state index contributed by atoms with van der Waals surface area (Å²) in [4.78, 5) is 44.1. The van der Waals surface area contributed by atoms with Crippen molar-refractivity contribution in [3.05, 3.63) is 70.8 Å². The van der Waals surface area contributed by atoms with Gasteiger partial charge in [0, 0.05) is 5.56 Å². The summed E-state index contributed by atoms with van der Waals surface area (Å²) >= 11 is 0. The second-order valence-corrected chi connectivity index (χ2v) is 6.04. The van der Waals surface area contributed by atoms with Crippen molar-refractivity contribution >= 4 is 17.7 Å². The summed E-state index contributed by atoms with van der Waals surface area (Å²) in [5, 5.41) is 1.30. The van der Waals surface area contributed by atoms with E-state index in [-0.39, 0.29) is 29.8 Å². The molecule has 0 saturated carbocycles. The lowest BCUT2D eigenvalue weighted by Crippen LogP contribution is -2.29. The number of hydroxylamine groups is 2. The van der Waals surface area contributed by atoms with Crippen LogP contribution in [0.5, 0.6) is 0 Å². The second-order valence-electron chi connectivity index (χ2n) is 6.04. The van der Waals surface area contributed by atoms with E-state index < -0.39 is 0 Å². The smallest absolute Gasteiger partial charge is 0.271 e. The van der Waals surface area contributed by atoms with Crippen LogP contribution >= 0.6 is 0 Å². The number of rotatable bonds is 3. The van der Waals surface area contributed by atoms with E-state index in [0.29, 0.717) is 24.3 Å². The van der Waals surface area contributed by atoms with Gasteiger partial charge in [0.1, 0.15) is 0 Å². The largest absolute Gasteiger partial charge is 0.277 e. The first-order chi connectivity index (χ1) is 12.1. The Kier molecular flexibility index (Phi) is 3.82. The van der Waals surface area contributed by atoms with E-state index >= 15 is 0 Å². The van der Waals surface area contributed by atoms with Crippen molar-refractivity contribution in [3.8, 4) is 0 Å². The number of carbonyl (C=O) groups is 3. The zero-order valence-electron chi connectivity index (χ0n) is 13.5. The maximum Gasteiger partial charge on any atom is 0.277 e. The van der Waals surface area contributed by atoms with E-state index in [9.17, 15) is 14.4 Å². The van der Waals surface area contributed by atoms with Gasteiger partial charge in [-0.1, -0.05) is 30.3 Å². The van der Waals surface area contributed by atoms with Crippen LogP contribution in [0.2, 0.25) is 0 Å². The molecule has 25 heavy (non-hydrogen) atoms. The van der Waals surface area contributed by atoms with Crippen molar-refractivity contribution in [2.24, 2.45) is 0 Å². The van der Waals surface area contributed by atoms with Crippen LogP contribution in [0.1, 0.15) is 43.1 Å². The number of fused-ring (bicyclic) bond motifs is 1. The van der Waals surface area contributed by atoms with Crippen molar-refractivity contribution in [2.75, 3.05) is 13.2 Å². The molecule has 2 aliphatic heterocycles. The van der Waals surface area contributed by atoms with E-state index in [1.807, 2.05) is 30.3 Å². The van der Waals surface area contributed by atoms with Crippen LogP contribution in [-0.2, 0) is 11.4 Å². The summed E-state index contributed by atoms with van der Waals surface area (Å²) < 4.78 is 0. The minimum atomic E-state index is -0.374. The van der Waals surface area contributed by atoms with Gasteiger partial charge in [-0.15, -0.1) is 0 Å². The number of amides is 3. The van der Waals surface area contributed by atoms with Crippen LogP contribution in [0.25, 0.3) is 0 Å². The van der Waals surface area contributed by atoms with Gasteiger partial charge < -0.3 is 0 Å². The number of imide groups is 1. The van der Waals surface area contributed by atoms with Gasteiger partial charge in [-0.25, -0.2) is 5.06 Å². The Morgan fingerprint density at radius 1 is 1.00 bits per heavy atom. The Labute approximate surface area is 144 Å². The van der Waals surface area contributed by atoms with Gasteiger partial charge in [0.05, 0.1) is 30.8 Å². The highest BCUT2D eigenvalue weighted by Crippen LogP contribution is 2.26. The molecule has 6 nitrogen and oxygen atoms in total. The Hall–Kier alpha value is -2.99. The van der Waals surface area contributed by atoms with Crippen molar-refractivity contribution in [2.45, 2.75) is 13.0 Å². The van der Waals surface area contributed by atoms with Gasteiger partial charge in [-0.2, -0.15) is 0 Å². The van der Waals surface area contributed by atoms with Crippen LogP contribution in [-0.4, -0.2) is 40.8 Å². The summed E-state index contributed by atoms with van der Waals surface area (Å²) in [6.45, 7) is 1.26. The third-order valence-corrected chi connectivity index (χ3v) is 4.38. The normalized spacial score (nSPS) is 16.5. The van der Waals surface area contributed by atoms with E-state index in [2.05, 4.69) is 0 Å². The molecule has 0 atom stereocenters. The molecule has 1 fully saturated rings. The monoisotopic (exact) mass is 336 g/mol. The molecule has 0 radical (unpaired) electrons. The highest BCUT2D eigenvalue weighted by Gasteiger charge is 2.36. The first-order valence-electron chi connectivity index (χ1n) is 8.14. The highest BCUT2D eigenvalue weighted by molar-refractivity contribution is 6.22. The Bertz CT molecular complexity index is 857. The first kappa shape index (κ1) is 15.5. The lowest BCUT2D eigenvalue weighted by atomic mass is 10.1. The Balaban J connectivity index is 1.61. The SMILES string of the molecule is O=C(c1ccc2c(c1)C(=O)N(Cc1ccccc1)C2=O)N1CCCO1. The maximum absolute atomic E-state index is 12.7. The fourth-order valence-corrected chi connectivity index (χ4v) is 3.08. The van der Waals surface area contributed by atoms with Crippen molar-refractivity contribution in [1.82, 2.24) is 9.96 Å². The van der Waals surface area contributed by atoms with Crippen LogP contribution in [0, 0.1) is 0 Å². The van der Waals surface area contributed by atoms with Gasteiger partial charge in [-0.05, 0) is 30.2 Å². The maximum atomic E-state index is 12.7. The van der Waals surface area contributed by atoms with Gasteiger partial charge >= 0.3 is 0 Å². The summed E-state index contributed by atoms with van der Waals surface area (Å²) in [5.74, 6) is -0.997. The average molecular weight is 336 g/mol. The molecule has 0 unspecified atom stereocenters. The standard InChI is InChI=1S/C19H16N2O4/c22-17(21-9-4-10-25-21)14-7-8-15-16(11-14)19(24)20(18(15)23)12-13-5-2-1-3-6-13/h1-3,5-8,11H,4,9-10,12H2. The highest BCUT2D eigenvalue weighted by atomic mass is 16.7. The summed E-state index contributed by atoms with van der Waals surface area (Å²) in [6, 6.07) is 13.9. The predicted molar refractivity (Wildman–Crippen MR) is 88.7 cm³/mol. The Morgan fingerprint density at radius 3 is 2.48 bits per heavy atom. The van der Waals surface area contributed by atoms with Crippen LogP contribution in [0.3, 0.4) is 0 Å². The number of nitrogens with zero attached hydrogens (tertiary/aromatic N) is 2. The molecule has 6 heteroatoms. The zero-order valence-corrected chi connectivity index (χ0v) is 13.5. The third kappa shape index (κ3) is 2.70. The second kappa shape index (κ2) is 6.14. The molecule has 2 heterocycles. The number of benzene rings is 2. The summed E-state index contributed by atoms with van der Waals surface area (Å²) in [7, 11) is 0. The fraction of sp³-hybridized carbons (Fsp3) is 0.211. The molecule has 2 aromatic rings. The predicted octanol–water partition coefficient (Wildman–Crippen LogP) is 2.26. The molecular formula is C19H16N2O4. The van der Waals surface area contributed by atoms with Crippen LogP contribution in [0.15, 0.2) is 48.5 Å². The van der Waals surface area contributed by atoms with E-state index in [1.54, 1.807) is 12.1 Å². The number of hydrogen-bond donors (Lipinski definition) is 0. The lowest BCUT2D eigenvalue weighted by molar-refractivity contribution is -0.0768. The third-order valence-electron chi connectivity index (χ3n) is 4.38. The molecule has 4 rings (SSSR count). The molecule has 2 aliphatic rings. The summed E-state index contributed by atoms with van der Waals surface area (Å²) in [6.07, 6.45) is 0.791. The molecule has 0 spiro atoms. The lowest BCUT2D eigenvalue weighted by Gasteiger charge is -2.14. The van der Waals surface area contributed by atoms with Gasteiger partial charge in [0.15, 0.2) is 0 Å². The minimum absolute atomic E-state index is 0.214. The zero-order chi connectivity index (χ0) is 17.4. The molecule has 0 bridgehead atoms. The molecule has 2 aromatic carbocycles. The van der Waals surface area contributed by atoms with E-state index in [1.165, 1.54) is 16.0 Å². The molecule has 3 amide bonds. The topological polar surface area (TPSA) is 66.9 Å². The van der Waals surface area contributed by atoms with Crippen molar-refractivity contribution in [1.29, 1.82) is 0 Å². The van der Waals surface area contributed by atoms with E-state index in [4.69, 9.17) is 4.84 Å². The molecule has 0 N–H and O–H groups in total. The van der Waals surface area contributed by atoms with Gasteiger partial charge in [0.25, 0.3) is 17.7 Å². The van der Waals surface area contributed by atoms with Crippen LogP contribution in [0.4, 0.5) is 0 Å². The first-order valence-corrected chi connectivity index (χ1v) is 8.14. The van der Waals surface area contributed by atoms with Crippen LogP contribution < -0.4 is 0 Å². The molecule has 1 saturated heterocycles.